The van der Waals surface area contributed by atoms with Gasteiger partial charge in [-0.3, -0.25) is 4.79 Å². The van der Waals surface area contributed by atoms with Crippen LogP contribution in [0.3, 0.4) is 0 Å². The first-order chi connectivity index (χ1) is 10.1. The number of hydrogen-bond donors (Lipinski definition) is 1. The smallest absolute Gasteiger partial charge is 0.342 e. The Hall–Kier alpha value is -2.08. The van der Waals surface area contributed by atoms with E-state index in [2.05, 4.69) is 5.32 Å². The molecule has 0 bridgehead atoms. The predicted octanol–water partition coefficient (Wildman–Crippen LogP) is 2.88. The molecule has 5 nitrogen and oxygen atoms in total. The van der Waals surface area contributed by atoms with Crippen LogP contribution in [0, 0.1) is 13.8 Å². The van der Waals surface area contributed by atoms with Gasteiger partial charge in [-0.1, -0.05) is 6.07 Å². The summed E-state index contributed by atoms with van der Waals surface area (Å²) >= 11 is 1.53. The number of anilines is 1. The zero-order valence-corrected chi connectivity index (χ0v) is 12.9. The highest BCUT2D eigenvalue weighted by Crippen LogP contribution is 2.39. The molecule has 0 saturated carbocycles. The van der Waals surface area contributed by atoms with Crippen molar-refractivity contribution in [2.75, 3.05) is 11.9 Å². The van der Waals surface area contributed by atoms with Crippen LogP contribution in [0.5, 0.6) is 0 Å². The summed E-state index contributed by atoms with van der Waals surface area (Å²) in [5.41, 5.74) is 2.22. The Labute approximate surface area is 126 Å². The Bertz CT molecular complexity index is 716. The molecule has 1 atom stereocenters. The van der Waals surface area contributed by atoms with Gasteiger partial charge in [0.05, 0.1) is 6.61 Å². The van der Waals surface area contributed by atoms with E-state index >= 15 is 0 Å². The Morgan fingerprint density at radius 3 is 2.86 bits per heavy atom. The highest BCUT2D eigenvalue weighted by atomic mass is 32.1. The fraction of sp³-hybridized carbons (Fsp3) is 0.333. The molecule has 3 heterocycles. The van der Waals surface area contributed by atoms with Crippen LogP contribution in [-0.4, -0.2) is 23.1 Å². The van der Waals surface area contributed by atoms with E-state index in [1.54, 1.807) is 6.92 Å². The largest absolute Gasteiger partial charge is 0.462 e. The van der Waals surface area contributed by atoms with E-state index < -0.39 is 6.04 Å². The molecule has 0 fully saturated rings. The average molecular weight is 304 g/mol. The molecule has 0 saturated heterocycles. The van der Waals surface area contributed by atoms with Gasteiger partial charge in [-0.15, -0.1) is 11.3 Å². The molecule has 0 aliphatic carbocycles. The first-order valence-corrected chi connectivity index (χ1v) is 7.67. The van der Waals surface area contributed by atoms with Crippen molar-refractivity contribution in [2.45, 2.75) is 26.8 Å². The van der Waals surface area contributed by atoms with E-state index in [1.807, 2.05) is 35.9 Å². The topological polar surface area (TPSA) is 60.3 Å². The molecule has 1 amide bonds. The zero-order valence-electron chi connectivity index (χ0n) is 12.1. The zero-order chi connectivity index (χ0) is 15.1. The fourth-order valence-corrected chi connectivity index (χ4v) is 3.54. The lowest BCUT2D eigenvalue weighted by Crippen LogP contribution is -2.17. The van der Waals surface area contributed by atoms with Crippen molar-refractivity contribution in [3.8, 4) is 0 Å². The summed E-state index contributed by atoms with van der Waals surface area (Å²) in [6.07, 6.45) is 0. The van der Waals surface area contributed by atoms with E-state index in [-0.39, 0.29) is 11.9 Å². The number of amides is 1. The van der Waals surface area contributed by atoms with Gasteiger partial charge in [-0.2, -0.15) is 0 Å². The Kier molecular flexibility index (Phi) is 3.33. The van der Waals surface area contributed by atoms with Gasteiger partial charge in [0.2, 0.25) is 0 Å². The van der Waals surface area contributed by atoms with Crippen molar-refractivity contribution in [3.63, 3.8) is 0 Å². The third-order valence-corrected chi connectivity index (χ3v) is 4.72. The molecule has 0 aromatic carbocycles. The monoisotopic (exact) mass is 304 g/mol. The molecule has 1 aliphatic rings. The number of ether oxygens (including phenoxy) is 1. The number of fused-ring (bicyclic) bond motifs is 1. The van der Waals surface area contributed by atoms with Gasteiger partial charge >= 0.3 is 5.97 Å². The summed E-state index contributed by atoms with van der Waals surface area (Å²) in [5, 5.41) is 4.78. The lowest BCUT2D eigenvalue weighted by molar-refractivity contribution is -0.117. The van der Waals surface area contributed by atoms with Crippen LogP contribution in [0.4, 0.5) is 5.82 Å². The van der Waals surface area contributed by atoms with Crippen molar-refractivity contribution in [1.29, 1.82) is 0 Å². The molecular formula is C15H16N2O3S. The molecule has 110 valence electrons. The van der Waals surface area contributed by atoms with Crippen molar-refractivity contribution >= 4 is 29.0 Å². The minimum Gasteiger partial charge on any atom is -0.462 e. The molecule has 1 N–H and O–H groups in total. The minimum absolute atomic E-state index is 0.110. The lowest BCUT2D eigenvalue weighted by Gasteiger charge is -2.11. The normalized spacial score (nSPS) is 16.7. The van der Waals surface area contributed by atoms with Crippen molar-refractivity contribution in [1.82, 2.24) is 4.57 Å². The molecule has 2 aromatic rings. The SMILES string of the molecule is CCOC(=O)c1c(C)c(C)n2c1NC(=O)C2c1cccs1. The Balaban J connectivity index is 2.15. The fourth-order valence-electron chi connectivity index (χ4n) is 2.73. The number of rotatable bonds is 3. The summed E-state index contributed by atoms with van der Waals surface area (Å²) in [6.45, 7) is 5.88. The van der Waals surface area contributed by atoms with Crippen molar-refractivity contribution in [3.05, 3.63) is 39.2 Å². The van der Waals surface area contributed by atoms with E-state index in [9.17, 15) is 9.59 Å². The highest BCUT2D eigenvalue weighted by Gasteiger charge is 2.38. The number of nitrogens with one attached hydrogen (secondary N) is 1. The molecule has 3 rings (SSSR count). The molecule has 1 aliphatic heterocycles. The van der Waals surface area contributed by atoms with Gasteiger partial charge < -0.3 is 14.6 Å². The average Bonchev–Trinajstić information content (AvgIpc) is 3.10. The van der Waals surface area contributed by atoms with Crippen LogP contribution in [-0.2, 0) is 9.53 Å². The van der Waals surface area contributed by atoms with Crippen LogP contribution in [0.15, 0.2) is 17.5 Å². The summed E-state index contributed by atoms with van der Waals surface area (Å²) < 4.78 is 7.01. The third-order valence-electron chi connectivity index (χ3n) is 3.80. The number of thiophene rings is 1. The Morgan fingerprint density at radius 1 is 1.48 bits per heavy atom. The van der Waals surface area contributed by atoms with Gasteiger partial charge in [0.15, 0.2) is 0 Å². The van der Waals surface area contributed by atoms with Crippen LogP contribution in [0.2, 0.25) is 0 Å². The van der Waals surface area contributed by atoms with Crippen molar-refractivity contribution < 1.29 is 14.3 Å². The summed E-state index contributed by atoms with van der Waals surface area (Å²) in [7, 11) is 0. The quantitative estimate of drug-likeness (QED) is 0.887. The van der Waals surface area contributed by atoms with Gasteiger partial charge in [0, 0.05) is 10.6 Å². The van der Waals surface area contributed by atoms with E-state index in [4.69, 9.17) is 4.74 Å². The van der Waals surface area contributed by atoms with Crippen LogP contribution in [0.25, 0.3) is 0 Å². The maximum atomic E-state index is 12.3. The van der Waals surface area contributed by atoms with E-state index in [0.29, 0.717) is 18.0 Å². The van der Waals surface area contributed by atoms with Gasteiger partial charge in [-0.25, -0.2) is 4.79 Å². The van der Waals surface area contributed by atoms with Crippen LogP contribution in [0.1, 0.15) is 39.5 Å². The number of nitrogens with zero attached hydrogens (tertiary/aromatic N) is 1. The molecule has 21 heavy (non-hydrogen) atoms. The Morgan fingerprint density at radius 2 is 2.24 bits per heavy atom. The molecule has 2 aromatic heterocycles. The number of carbonyl (C=O) groups excluding carboxylic acids is 2. The molecule has 6 heteroatoms. The van der Waals surface area contributed by atoms with Gasteiger partial charge in [-0.05, 0) is 37.8 Å². The van der Waals surface area contributed by atoms with E-state index in [1.165, 1.54) is 11.3 Å². The number of carbonyl (C=O) groups is 2. The van der Waals surface area contributed by atoms with Crippen molar-refractivity contribution in [2.24, 2.45) is 0 Å². The maximum Gasteiger partial charge on any atom is 0.342 e. The number of esters is 1. The summed E-state index contributed by atoms with van der Waals surface area (Å²) in [6, 6.07) is 3.45. The van der Waals surface area contributed by atoms with Gasteiger partial charge in [0.25, 0.3) is 5.91 Å². The van der Waals surface area contributed by atoms with Crippen LogP contribution < -0.4 is 5.32 Å². The van der Waals surface area contributed by atoms with E-state index in [0.717, 1.165) is 16.1 Å². The number of aromatic nitrogens is 1. The molecule has 0 spiro atoms. The second-order valence-electron chi connectivity index (χ2n) is 4.93. The third kappa shape index (κ3) is 1.98. The molecule has 0 radical (unpaired) electrons. The highest BCUT2D eigenvalue weighted by molar-refractivity contribution is 7.10. The molecule has 1 unspecified atom stereocenters. The maximum absolute atomic E-state index is 12.3. The lowest BCUT2D eigenvalue weighted by atomic mass is 10.1. The van der Waals surface area contributed by atoms with Gasteiger partial charge in [0.1, 0.15) is 17.4 Å². The number of hydrogen-bond acceptors (Lipinski definition) is 4. The minimum atomic E-state index is -0.401. The second kappa shape index (κ2) is 5.04. The predicted molar refractivity (Wildman–Crippen MR) is 81.0 cm³/mol. The standard InChI is InChI=1S/C15H16N2O3S/c1-4-20-15(19)11-8(2)9(3)17-12(10-6-5-7-21-10)14(18)16-13(11)17/h5-7,12H,4H2,1-3H3,(H,16,18). The summed E-state index contributed by atoms with van der Waals surface area (Å²) in [4.78, 5) is 25.4. The molecular weight excluding hydrogens is 288 g/mol. The van der Waals surface area contributed by atoms with Crippen LogP contribution >= 0.6 is 11.3 Å². The first kappa shape index (κ1) is 13.9. The second-order valence-corrected chi connectivity index (χ2v) is 5.91. The summed E-state index contributed by atoms with van der Waals surface area (Å²) in [5.74, 6) is 0.0481. The first-order valence-electron chi connectivity index (χ1n) is 6.79.